The molecule has 0 aromatic heterocycles. The van der Waals surface area contributed by atoms with Crippen molar-refractivity contribution in [2.45, 2.75) is 95.2 Å². The minimum absolute atomic E-state index is 0.0296. The number of nitrogens with two attached hydrogens (primary N) is 1. The van der Waals surface area contributed by atoms with Crippen LogP contribution >= 0.6 is 23.2 Å². The number of likely N-dealkylation sites (tertiary alicyclic amines) is 1. The van der Waals surface area contributed by atoms with Crippen LogP contribution in [-0.2, 0) is 40.1 Å². The van der Waals surface area contributed by atoms with E-state index in [4.69, 9.17) is 38.4 Å². The van der Waals surface area contributed by atoms with Gasteiger partial charge >= 0.3 is 5.97 Å². The molecule has 6 N–H and O–H groups in total. The topological polar surface area (TPSA) is 224 Å². The number of carbonyl (C=O) groups excluding carboxylic acids is 6. The van der Waals surface area contributed by atoms with Crippen LogP contribution in [0.1, 0.15) is 96.2 Å². The minimum atomic E-state index is -1.42. The second kappa shape index (κ2) is 22.5. The standard InChI is InChI=1S/C44H51Cl2N5O10/c1-2-12-34(37(52)42(56)48-19-20-60-38(39(47)53)28-17-10-5-11-18-28)49-41(55)35-21-29(61-25-26-13-6-3-7-14-26)24-51(35)43(57)36(27-15-8-4-9-16-27)50-40(54)30-22-32(45)33(46)23-31(30)44(58)59/h3,5-7,10-11,13-14,17-18,22-23,27,29,34-36,38H,2,4,8-9,12,15-16,19-21,24-25H2,1H3,(H2,47,53)(H,48,56)(H,49,55)(H,50,54)(H,58,59)/t29-,34?,35+,36+,38?/m1/s1. The van der Waals surface area contributed by atoms with E-state index in [0.29, 0.717) is 24.8 Å². The van der Waals surface area contributed by atoms with Gasteiger partial charge in [-0.25, -0.2) is 4.79 Å². The molecule has 2 fully saturated rings. The number of benzene rings is 3. The van der Waals surface area contributed by atoms with Crippen molar-refractivity contribution < 1.29 is 48.1 Å². The fourth-order valence-electron chi connectivity index (χ4n) is 7.74. The number of ether oxygens (including phenoxy) is 2. The van der Waals surface area contributed by atoms with Crippen LogP contribution in [0.4, 0.5) is 0 Å². The number of aromatic carboxylic acids is 1. The average Bonchev–Trinajstić information content (AvgIpc) is 3.70. The van der Waals surface area contributed by atoms with Gasteiger partial charge in [-0.2, -0.15) is 0 Å². The van der Waals surface area contributed by atoms with Gasteiger partial charge in [0.15, 0.2) is 6.10 Å². The molecule has 5 rings (SSSR count). The maximum Gasteiger partial charge on any atom is 0.336 e. The van der Waals surface area contributed by atoms with Crippen molar-refractivity contribution in [1.82, 2.24) is 20.9 Å². The van der Waals surface area contributed by atoms with E-state index < -0.39 is 77.2 Å². The fraction of sp³-hybridized carbons (Fsp3) is 0.432. The van der Waals surface area contributed by atoms with Gasteiger partial charge in [0.2, 0.25) is 17.6 Å². The van der Waals surface area contributed by atoms with E-state index in [0.717, 1.165) is 37.0 Å². The Morgan fingerprint density at radius 1 is 0.885 bits per heavy atom. The monoisotopic (exact) mass is 879 g/mol. The summed E-state index contributed by atoms with van der Waals surface area (Å²) in [6.45, 7) is 1.66. The highest BCUT2D eigenvalue weighted by atomic mass is 35.5. The molecule has 15 nitrogen and oxygen atoms in total. The summed E-state index contributed by atoms with van der Waals surface area (Å²) >= 11 is 12.3. The van der Waals surface area contributed by atoms with Gasteiger partial charge < -0.3 is 41.2 Å². The molecule has 0 spiro atoms. The molecule has 1 saturated heterocycles. The van der Waals surface area contributed by atoms with Crippen molar-refractivity contribution in [1.29, 1.82) is 0 Å². The second-order valence-electron chi connectivity index (χ2n) is 15.2. The summed E-state index contributed by atoms with van der Waals surface area (Å²) in [7, 11) is 0. The van der Waals surface area contributed by atoms with Gasteiger partial charge in [-0.05, 0) is 48.4 Å². The Bertz CT molecular complexity index is 2050. The van der Waals surface area contributed by atoms with E-state index in [-0.39, 0.29) is 60.7 Å². The first-order chi connectivity index (χ1) is 29.3. The number of nitrogens with zero attached hydrogens (tertiary/aromatic N) is 1. The molecule has 1 saturated carbocycles. The van der Waals surface area contributed by atoms with Crippen LogP contribution in [0.15, 0.2) is 72.8 Å². The van der Waals surface area contributed by atoms with Gasteiger partial charge in [-0.1, -0.05) is 116 Å². The van der Waals surface area contributed by atoms with Crippen molar-refractivity contribution >= 4 is 64.5 Å². The molecular formula is C44H51Cl2N5O10. The number of carbonyl (C=O) groups is 7. The quantitative estimate of drug-likeness (QED) is 0.0773. The van der Waals surface area contributed by atoms with E-state index in [2.05, 4.69) is 16.0 Å². The molecule has 326 valence electrons. The molecule has 17 heteroatoms. The lowest BCUT2D eigenvalue weighted by Gasteiger charge is -2.35. The number of carboxylic acid groups (broad SMARTS) is 1. The Hall–Kier alpha value is -5.35. The number of hydrogen-bond donors (Lipinski definition) is 5. The molecule has 2 aliphatic rings. The molecule has 0 radical (unpaired) electrons. The van der Waals surface area contributed by atoms with Crippen LogP contribution in [-0.4, -0.2) is 95.2 Å². The van der Waals surface area contributed by atoms with Crippen molar-refractivity contribution in [2.75, 3.05) is 19.7 Å². The molecule has 5 atom stereocenters. The molecule has 0 bridgehead atoms. The summed E-state index contributed by atoms with van der Waals surface area (Å²) in [4.78, 5) is 95.1. The Labute approximate surface area is 364 Å². The normalized spacial score (nSPS) is 18.0. The summed E-state index contributed by atoms with van der Waals surface area (Å²) < 4.78 is 11.8. The third-order valence-corrected chi connectivity index (χ3v) is 11.6. The number of halogens is 2. The summed E-state index contributed by atoms with van der Waals surface area (Å²) in [6.07, 6.45) is 2.57. The van der Waals surface area contributed by atoms with Gasteiger partial charge in [-0.15, -0.1) is 0 Å². The van der Waals surface area contributed by atoms with Crippen molar-refractivity contribution in [2.24, 2.45) is 11.7 Å². The molecule has 3 aromatic rings. The highest BCUT2D eigenvalue weighted by Crippen LogP contribution is 2.32. The average molecular weight is 881 g/mol. The smallest absolute Gasteiger partial charge is 0.336 e. The predicted molar refractivity (Wildman–Crippen MR) is 226 cm³/mol. The summed E-state index contributed by atoms with van der Waals surface area (Å²) in [6, 6.07) is 16.5. The van der Waals surface area contributed by atoms with Gasteiger partial charge in [0.1, 0.15) is 12.1 Å². The van der Waals surface area contributed by atoms with Gasteiger partial charge in [0.25, 0.3) is 17.7 Å². The lowest BCUT2D eigenvalue weighted by molar-refractivity contribution is -0.143. The van der Waals surface area contributed by atoms with E-state index in [1.165, 1.54) is 4.90 Å². The Balaban J connectivity index is 1.34. The lowest BCUT2D eigenvalue weighted by Crippen LogP contribution is -2.58. The highest BCUT2D eigenvalue weighted by molar-refractivity contribution is 6.42. The molecule has 1 aliphatic carbocycles. The summed E-state index contributed by atoms with van der Waals surface area (Å²) in [5, 5.41) is 17.7. The number of ketones is 1. The number of Topliss-reactive ketones (excluding diaryl/α,β-unsaturated/α-hetero) is 1. The first-order valence-corrected chi connectivity index (χ1v) is 21.1. The fourth-order valence-corrected chi connectivity index (χ4v) is 8.07. The van der Waals surface area contributed by atoms with E-state index in [1.807, 2.05) is 30.3 Å². The van der Waals surface area contributed by atoms with Crippen molar-refractivity contribution in [3.63, 3.8) is 0 Å². The first kappa shape index (κ1) is 46.7. The number of primary amides is 1. The third kappa shape index (κ3) is 12.6. The van der Waals surface area contributed by atoms with Crippen LogP contribution in [0.3, 0.4) is 0 Å². The van der Waals surface area contributed by atoms with E-state index >= 15 is 0 Å². The third-order valence-electron chi connectivity index (χ3n) is 10.9. The molecule has 3 aromatic carbocycles. The van der Waals surface area contributed by atoms with E-state index in [9.17, 15) is 38.7 Å². The van der Waals surface area contributed by atoms with Crippen molar-refractivity contribution in [3.05, 3.63) is 105 Å². The Morgan fingerprint density at radius 2 is 1.52 bits per heavy atom. The van der Waals surface area contributed by atoms with E-state index in [1.54, 1.807) is 37.3 Å². The Kier molecular flexibility index (Phi) is 17.2. The number of carboxylic acids is 1. The predicted octanol–water partition coefficient (Wildman–Crippen LogP) is 4.77. The summed E-state index contributed by atoms with van der Waals surface area (Å²) in [5.74, 6) is -6.52. The SMILES string of the molecule is CCCC(NC(=O)[C@@H]1C[C@@H](OCc2ccccc2)CN1C(=O)[C@@H](NC(=O)c1cc(Cl)c(Cl)cc1C(=O)O)C1CCCCC1)C(=O)C(=O)NCCOC(C(N)=O)c1ccccc1. The number of amides is 5. The summed E-state index contributed by atoms with van der Waals surface area (Å²) in [5.41, 5.74) is 6.22. The molecular weight excluding hydrogens is 829 g/mol. The lowest BCUT2D eigenvalue weighted by atomic mass is 9.83. The molecule has 1 aliphatic heterocycles. The number of nitrogens with one attached hydrogen (secondary N) is 3. The van der Waals surface area contributed by atoms with Crippen LogP contribution < -0.4 is 21.7 Å². The largest absolute Gasteiger partial charge is 0.478 e. The van der Waals surface area contributed by atoms with Gasteiger partial charge in [0.05, 0.1) is 46.5 Å². The molecule has 5 amide bonds. The van der Waals surface area contributed by atoms with Crippen LogP contribution in [0.25, 0.3) is 0 Å². The molecule has 2 unspecified atom stereocenters. The van der Waals surface area contributed by atoms with Crippen LogP contribution in [0.5, 0.6) is 0 Å². The molecule has 1 heterocycles. The first-order valence-electron chi connectivity index (χ1n) is 20.4. The zero-order valence-corrected chi connectivity index (χ0v) is 35.3. The second-order valence-corrected chi connectivity index (χ2v) is 16.0. The molecule has 61 heavy (non-hydrogen) atoms. The maximum atomic E-state index is 14.8. The zero-order chi connectivity index (χ0) is 44.1. The van der Waals surface area contributed by atoms with Gasteiger partial charge in [-0.3, -0.25) is 28.8 Å². The minimum Gasteiger partial charge on any atom is -0.478 e. The number of rotatable bonds is 20. The van der Waals surface area contributed by atoms with Crippen molar-refractivity contribution in [3.8, 4) is 0 Å². The number of hydrogen-bond acceptors (Lipinski definition) is 9. The zero-order valence-electron chi connectivity index (χ0n) is 33.8. The maximum absolute atomic E-state index is 14.8. The van der Waals surface area contributed by atoms with Gasteiger partial charge in [0, 0.05) is 19.5 Å². The van der Waals surface area contributed by atoms with Crippen LogP contribution in [0.2, 0.25) is 10.0 Å². The highest BCUT2D eigenvalue weighted by Gasteiger charge is 2.45. The van der Waals surface area contributed by atoms with Crippen LogP contribution in [0, 0.1) is 5.92 Å². The Morgan fingerprint density at radius 3 is 2.15 bits per heavy atom.